The van der Waals surface area contributed by atoms with E-state index in [9.17, 15) is 4.79 Å². The zero-order valence-electron chi connectivity index (χ0n) is 14.1. The number of carbonyl (C=O) groups is 1. The molecule has 3 aliphatic rings. The number of hydrogen-bond donors (Lipinski definition) is 2. The molecule has 3 saturated carbocycles. The van der Waals surface area contributed by atoms with Gasteiger partial charge >= 0.3 is 0 Å². The Hall–Kier alpha value is -1.35. The van der Waals surface area contributed by atoms with Crippen molar-refractivity contribution in [1.82, 2.24) is 5.32 Å². The number of fused-ring (bicyclic) bond motifs is 2. The first kappa shape index (κ1) is 15.2. The van der Waals surface area contributed by atoms with Gasteiger partial charge in [0.15, 0.2) is 0 Å². The number of benzene rings is 1. The fourth-order valence-electron chi connectivity index (χ4n) is 5.17. The molecule has 2 bridgehead atoms. The predicted molar refractivity (Wildman–Crippen MR) is 92.1 cm³/mol. The molecule has 4 rings (SSSR count). The number of amides is 1. The number of aryl methyl sites for hydroxylation is 1. The SMILES string of the molecule is Cc1ccccc1C1(C(=O)NC2C3CCCC2CC(N)C3)CC1. The van der Waals surface area contributed by atoms with Crippen LogP contribution in [-0.4, -0.2) is 18.0 Å². The maximum absolute atomic E-state index is 13.1. The third kappa shape index (κ3) is 2.59. The quantitative estimate of drug-likeness (QED) is 0.901. The largest absolute Gasteiger partial charge is 0.352 e. The van der Waals surface area contributed by atoms with Crippen molar-refractivity contribution < 1.29 is 4.79 Å². The van der Waals surface area contributed by atoms with Crippen LogP contribution in [0.25, 0.3) is 0 Å². The zero-order valence-corrected chi connectivity index (χ0v) is 14.1. The summed E-state index contributed by atoms with van der Waals surface area (Å²) >= 11 is 0. The molecule has 0 saturated heterocycles. The number of hydrogen-bond acceptors (Lipinski definition) is 2. The fraction of sp³-hybridized carbons (Fsp3) is 0.650. The molecule has 2 unspecified atom stereocenters. The van der Waals surface area contributed by atoms with E-state index in [1.54, 1.807) is 0 Å². The van der Waals surface area contributed by atoms with Gasteiger partial charge in [-0.15, -0.1) is 0 Å². The van der Waals surface area contributed by atoms with Crippen molar-refractivity contribution in [3.05, 3.63) is 35.4 Å². The smallest absolute Gasteiger partial charge is 0.230 e. The van der Waals surface area contributed by atoms with Crippen LogP contribution in [-0.2, 0) is 10.2 Å². The van der Waals surface area contributed by atoms with E-state index >= 15 is 0 Å². The van der Waals surface area contributed by atoms with Gasteiger partial charge in [-0.05, 0) is 68.4 Å². The monoisotopic (exact) mass is 312 g/mol. The van der Waals surface area contributed by atoms with Crippen LogP contribution in [0, 0.1) is 18.8 Å². The summed E-state index contributed by atoms with van der Waals surface area (Å²) in [6, 6.07) is 9.07. The normalized spacial score (nSPS) is 34.7. The molecule has 3 heteroatoms. The summed E-state index contributed by atoms with van der Waals surface area (Å²) in [6.45, 7) is 2.12. The van der Waals surface area contributed by atoms with E-state index in [0.717, 1.165) is 25.7 Å². The molecule has 0 aliphatic heterocycles. The molecule has 3 nitrogen and oxygen atoms in total. The Labute approximate surface area is 139 Å². The second kappa shape index (κ2) is 5.62. The Morgan fingerprint density at radius 3 is 2.43 bits per heavy atom. The standard InChI is InChI=1S/C20H28N2O/c1-13-5-2-3-8-17(13)20(9-10-20)19(23)22-18-14-6-4-7-15(18)12-16(21)11-14/h2-3,5,8,14-16,18H,4,6-7,9-12,21H2,1H3,(H,22,23). The molecule has 1 amide bonds. The third-order valence-corrected chi connectivity index (χ3v) is 6.52. The summed E-state index contributed by atoms with van der Waals surface area (Å²) < 4.78 is 0. The van der Waals surface area contributed by atoms with Crippen molar-refractivity contribution in [2.24, 2.45) is 17.6 Å². The Kier molecular flexibility index (Phi) is 3.72. The lowest BCUT2D eigenvalue weighted by molar-refractivity contribution is -0.126. The predicted octanol–water partition coefficient (Wildman–Crippen LogP) is 3.05. The average molecular weight is 312 g/mol. The van der Waals surface area contributed by atoms with Gasteiger partial charge in [0.25, 0.3) is 0 Å². The fourth-order valence-corrected chi connectivity index (χ4v) is 5.17. The molecular formula is C20H28N2O. The van der Waals surface area contributed by atoms with Gasteiger partial charge in [-0.1, -0.05) is 30.7 Å². The molecule has 3 fully saturated rings. The molecule has 2 atom stereocenters. The van der Waals surface area contributed by atoms with Crippen LogP contribution in [0.15, 0.2) is 24.3 Å². The maximum atomic E-state index is 13.1. The highest BCUT2D eigenvalue weighted by atomic mass is 16.2. The van der Waals surface area contributed by atoms with Crippen LogP contribution < -0.4 is 11.1 Å². The first-order valence-electron chi connectivity index (χ1n) is 9.23. The zero-order chi connectivity index (χ0) is 16.0. The van der Waals surface area contributed by atoms with Crippen LogP contribution in [0.1, 0.15) is 56.1 Å². The lowest BCUT2D eigenvalue weighted by Crippen LogP contribution is -2.55. The second-order valence-corrected chi connectivity index (χ2v) is 8.08. The van der Waals surface area contributed by atoms with Gasteiger partial charge in [0.2, 0.25) is 5.91 Å². The van der Waals surface area contributed by atoms with E-state index < -0.39 is 0 Å². The second-order valence-electron chi connectivity index (χ2n) is 8.08. The van der Waals surface area contributed by atoms with Crippen molar-refractivity contribution in [3.8, 4) is 0 Å². The van der Waals surface area contributed by atoms with Crippen molar-refractivity contribution in [3.63, 3.8) is 0 Å². The Bertz CT molecular complexity index is 593. The Morgan fingerprint density at radius 1 is 1.17 bits per heavy atom. The molecule has 0 radical (unpaired) electrons. The van der Waals surface area contributed by atoms with E-state index in [1.165, 1.54) is 30.4 Å². The van der Waals surface area contributed by atoms with E-state index in [2.05, 4.69) is 36.5 Å². The molecule has 3 N–H and O–H groups in total. The summed E-state index contributed by atoms with van der Waals surface area (Å²) in [7, 11) is 0. The molecular weight excluding hydrogens is 284 g/mol. The molecule has 1 aromatic carbocycles. The van der Waals surface area contributed by atoms with Gasteiger partial charge < -0.3 is 11.1 Å². The summed E-state index contributed by atoms with van der Waals surface area (Å²) in [5.41, 5.74) is 8.44. The number of nitrogens with one attached hydrogen (secondary N) is 1. The van der Waals surface area contributed by atoms with Gasteiger partial charge in [-0.3, -0.25) is 4.79 Å². The lowest BCUT2D eigenvalue weighted by Gasteiger charge is -2.45. The average Bonchev–Trinajstić information content (AvgIpc) is 3.30. The van der Waals surface area contributed by atoms with E-state index in [0.29, 0.717) is 23.9 Å². The molecule has 0 spiro atoms. The van der Waals surface area contributed by atoms with Crippen LogP contribution in [0.5, 0.6) is 0 Å². The van der Waals surface area contributed by atoms with Gasteiger partial charge in [0, 0.05) is 12.1 Å². The Morgan fingerprint density at radius 2 is 1.83 bits per heavy atom. The highest BCUT2D eigenvalue weighted by molar-refractivity contribution is 5.92. The van der Waals surface area contributed by atoms with Crippen LogP contribution in [0.4, 0.5) is 0 Å². The van der Waals surface area contributed by atoms with Crippen LogP contribution in [0.3, 0.4) is 0 Å². The summed E-state index contributed by atoms with van der Waals surface area (Å²) in [5.74, 6) is 1.45. The van der Waals surface area contributed by atoms with Crippen molar-refractivity contribution in [2.75, 3.05) is 0 Å². The van der Waals surface area contributed by atoms with E-state index in [1.807, 2.05) is 0 Å². The van der Waals surface area contributed by atoms with Crippen LogP contribution >= 0.6 is 0 Å². The Balaban J connectivity index is 1.53. The third-order valence-electron chi connectivity index (χ3n) is 6.52. The molecule has 3 aliphatic carbocycles. The molecule has 1 aromatic rings. The van der Waals surface area contributed by atoms with Gasteiger partial charge in [-0.2, -0.15) is 0 Å². The highest BCUT2D eigenvalue weighted by Gasteiger charge is 2.53. The topological polar surface area (TPSA) is 55.1 Å². The minimum atomic E-state index is -0.251. The van der Waals surface area contributed by atoms with Gasteiger partial charge in [-0.25, -0.2) is 0 Å². The lowest BCUT2D eigenvalue weighted by atomic mass is 9.67. The van der Waals surface area contributed by atoms with Crippen LogP contribution in [0.2, 0.25) is 0 Å². The number of rotatable bonds is 3. The molecule has 0 heterocycles. The maximum Gasteiger partial charge on any atom is 0.230 e. The first-order valence-corrected chi connectivity index (χ1v) is 9.23. The molecule has 124 valence electrons. The van der Waals surface area contributed by atoms with Crippen molar-refractivity contribution in [1.29, 1.82) is 0 Å². The molecule has 23 heavy (non-hydrogen) atoms. The van der Waals surface area contributed by atoms with Crippen molar-refractivity contribution in [2.45, 2.75) is 69.4 Å². The van der Waals surface area contributed by atoms with E-state index in [4.69, 9.17) is 5.73 Å². The number of carbonyl (C=O) groups excluding carboxylic acids is 1. The summed E-state index contributed by atoms with van der Waals surface area (Å²) in [6.07, 6.45) is 7.91. The van der Waals surface area contributed by atoms with Gasteiger partial charge in [0.05, 0.1) is 5.41 Å². The van der Waals surface area contributed by atoms with Crippen molar-refractivity contribution >= 4 is 5.91 Å². The number of nitrogens with two attached hydrogens (primary N) is 1. The minimum Gasteiger partial charge on any atom is -0.352 e. The summed E-state index contributed by atoms with van der Waals surface area (Å²) in [5, 5.41) is 3.48. The van der Waals surface area contributed by atoms with Gasteiger partial charge in [0.1, 0.15) is 0 Å². The molecule has 0 aromatic heterocycles. The first-order chi connectivity index (χ1) is 11.1. The summed E-state index contributed by atoms with van der Waals surface area (Å²) in [4.78, 5) is 13.1. The minimum absolute atomic E-state index is 0.251. The van der Waals surface area contributed by atoms with E-state index in [-0.39, 0.29) is 11.3 Å². The highest BCUT2D eigenvalue weighted by Crippen LogP contribution is 2.50.